The van der Waals surface area contributed by atoms with Crippen molar-refractivity contribution >= 4 is 27.6 Å². The van der Waals surface area contributed by atoms with Gasteiger partial charge in [-0.05, 0) is 47.9 Å². The average Bonchev–Trinajstić information content (AvgIpc) is 3.14. The predicted molar refractivity (Wildman–Crippen MR) is 107 cm³/mol. The summed E-state index contributed by atoms with van der Waals surface area (Å²) in [5.74, 6) is -0.373. The standard InChI is InChI=1S/C20H22N2O6S/c1-27-17-5-3-4-14(10-17)12-21-19(23)13-28-20(24)16-6-7-18-15(11-16)8-9-22(18)29(2,25)26/h3-7,10-11H,8-9,12-13H2,1-2H3,(H,21,23). The van der Waals surface area contributed by atoms with E-state index >= 15 is 0 Å². The summed E-state index contributed by atoms with van der Waals surface area (Å²) < 4.78 is 35.1. The van der Waals surface area contributed by atoms with E-state index in [0.717, 1.165) is 17.4 Å². The minimum atomic E-state index is -3.35. The molecule has 3 rings (SSSR count). The lowest BCUT2D eigenvalue weighted by Crippen LogP contribution is -2.28. The van der Waals surface area contributed by atoms with Crippen LogP contribution in [0.4, 0.5) is 5.69 Å². The van der Waals surface area contributed by atoms with E-state index in [9.17, 15) is 18.0 Å². The molecule has 9 heteroatoms. The van der Waals surface area contributed by atoms with Gasteiger partial charge in [-0.25, -0.2) is 13.2 Å². The van der Waals surface area contributed by atoms with Gasteiger partial charge in [-0.3, -0.25) is 9.10 Å². The first-order valence-corrected chi connectivity index (χ1v) is 10.8. The summed E-state index contributed by atoms with van der Waals surface area (Å²) in [6.07, 6.45) is 1.67. The molecule has 8 nitrogen and oxygen atoms in total. The second-order valence-electron chi connectivity index (χ2n) is 6.63. The van der Waals surface area contributed by atoms with Crippen LogP contribution in [-0.2, 0) is 32.5 Å². The molecule has 1 aliphatic rings. The quantitative estimate of drug-likeness (QED) is 0.684. The maximum absolute atomic E-state index is 12.2. The van der Waals surface area contributed by atoms with Crippen LogP contribution in [0.1, 0.15) is 21.5 Å². The lowest BCUT2D eigenvalue weighted by molar-refractivity contribution is -0.124. The van der Waals surface area contributed by atoms with E-state index in [1.807, 2.05) is 12.1 Å². The number of carbonyl (C=O) groups is 2. The Labute approximate surface area is 169 Å². The molecule has 0 aromatic heterocycles. The van der Waals surface area contributed by atoms with Gasteiger partial charge >= 0.3 is 5.97 Å². The van der Waals surface area contributed by atoms with Gasteiger partial charge in [0.25, 0.3) is 5.91 Å². The number of nitrogens with one attached hydrogen (secondary N) is 1. The highest BCUT2D eigenvalue weighted by Crippen LogP contribution is 2.30. The molecule has 0 radical (unpaired) electrons. The van der Waals surface area contributed by atoms with E-state index in [1.165, 1.54) is 10.4 Å². The molecule has 0 unspecified atom stereocenters. The zero-order valence-electron chi connectivity index (χ0n) is 16.2. The highest BCUT2D eigenvalue weighted by Gasteiger charge is 2.27. The molecule has 1 heterocycles. The van der Waals surface area contributed by atoms with E-state index in [4.69, 9.17) is 9.47 Å². The molecule has 154 valence electrons. The number of fused-ring (bicyclic) bond motifs is 1. The summed E-state index contributed by atoms with van der Waals surface area (Å²) in [5, 5.41) is 2.68. The highest BCUT2D eigenvalue weighted by atomic mass is 32.2. The van der Waals surface area contributed by atoms with Crippen LogP contribution in [0.3, 0.4) is 0 Å². The minimum Gasteiger partial charge on any atom is -0.497 e. The summed E-state index contributed by atoms with van der Waals surface area (Å²) in [7, 11) is -1.78. The number of anilines is 1. The molecule has 29 heavy (non-hydrogen) atoms. The minimum absolute atomic E-state index is 0.277. The molecule has 0 bridgehead atoms. The number of carbonyl (C=O) groups excluding carboxylic acids is 2. The van der Waals surface area contributed by atoms with E-state index in [1.54, 1.807) is 31.4 Å². The zero-order valence-corrected chi connectivity index (χ0v) is 17.0. The van der Waals surface area contributed by atoms with Gasteiger partial charge in [0.1, 0.15) is 5.75 Å². The number of methoxy groups -OCH3 is 1. The Bertz CT molecular complexity index is 1040. The van der Waals surface area contributed by atoms with Crippen LogP contribution in [0.5, 0.6) is 5.75 Å². The fourth-order valence-corrected chi connectivity index (χ4v) is 4.05. The molecule has 0 spiro atoms. The number of sulfonamides is 1. The molecule has 0 saturated carbocycles. The van der Waals surface area contributed by atoms with Crippen molar-refractivity contribution in [2.24, 2.45) is 0 Å². The number of benzene rings is 2. The van der Waals surface area contributed by atoms with E-state index < -0.39 is 28.5 Å². The van der Waals surface area contributed by atoms with Gasteiger partial charge in [-0.15, -0.1) is 0 Å². The fourth-order valence-electron chi connectivity index (χ4n) is 3.09. The van der Waals surface area contributed by atoms with Gasteiger partial charge in [0.15, 0.2) is 6.61 Å². The van der Waals surface area contributed by atoms with Crippen molar-refractivity contribution in [3.8, 4) is 5.75 Å². The number of amides is 1. The van der Waals surface area contributed by atoms with E-state index in [2.05, 4.69) is 5.32 Å². The Morgan fingerprint density at radius 1 is 1.17 bits per heavy atom. The summed E-state index contributed by atoms with van der Waals surface area (Å²) in [4.78, 5) is 24.2. The van der Waals surface area contributed by atoms with Crippen LogP contribution in [0, 0.1) is 0 Å². The smallest absolute Gasteiger partial charge is 0.338 e. The van der Waals surface area contributed by atoms with Crippen LogP contribution in [0.15, 0.2) is 42.5 Å². The molecule has 0 aliphatic carbocycles. The van der Waals surface area contributed by atoms with Crippen molar-refractivity contribution < 1.29 is 27.5 Å². The molecule has 1 amide bonds. The van der Waals surface area contributed by atoms with Crippen LogP contribution in [0.25, 0.3) is 0 Å². The molecular formula is C20H22N2O6S. The van der Waals surface area contributed by atoms with Crippen LogP contribution >= 0.6 is 0 Å². The topological polar surface area (TPSA) is 102 Å². The second kappa shape index (κ2) is 8.52. The first-order valence-electron chi connectivity index (χ1n) is 8.95. The second-order valence-corrected chi connectivity index (χ2v) is 8.54. The summed E-state index contributed by atoms with van der Waals surface area (Å²) in [5.41, 5.74) is 2.46. The first kappa shape index (κ1) is 20.7. The Morgan fingerprint density at radius 2 is 1.97 bits per heavy atom. The maximum Gasteiger partial charge on any atom is 0.338 e. The zero-order chi connectivity index (χ0) is 21.0. The summed E-state index contributed by atoms with van der Waals surface area (Å²) >= 11 is 0. The number of hydrogen-bond acceptors (Lipinski definition) is 6. The van der Waals surface area contributed by atoms with Gasteiger partial charge < -0.3 is 14.8 Å². The Balaban J connectivity index is 1.54. The Hall–Kier alpha value is -3.07. The SMILES string of the molecule is COc1cccc(CNC(=O)COC(=O)c2ccc3c(c2)CCN3S(C)(=O)=O)c1. The number of ether oxygens (including phenoxy) is 2. The molecule has 0 saturated heterocycles. The van der Waals surface area contributed by atoms with Crippen molar-refractivity contribution in [1.82, 2.24) is 5.32 Å². The number of rotatable bonds is 7. The van der Waals surface area contributed by atoms with Gasteiger partial charge in [0, 0.05) is 13.1 Å². The number of nitrogens with zero attached hydrogens (tertiary/aromatic N) is 1. The van der Waals surface area contributed by atoms with Crippen molar-refractivity contribution in [2.75, 3.05) is 30.8 Å². The molecule has 0 atom stereocenters. The maximum atomic E-state index is 12.2. The first-order chi connectivity index (χ1) is 13.8. The van der Waals surface area contributed by atoms with Crippen molar-refractivity contribution in [3.63, 3.8) is 0 Å². The van der Waals surface area contributed by atoms with Gasteiger partial charge in [-0.1, -0.05) is 12.1 Å². The molecule has 1 N–H and O–H groups in total. The van der Waals surface area contributed by atoms with Crippen LogP contribution in [-0.4, -0.2) is 46.8 Å². The number of hydrogen-bond donors (Lipinski definition) is 1. The molecular weight excluding hydrogens is 396 g/mol. The molecule has 2 aromatic rings. The van der Waals surface area contributed by atoms with Gasteiger partial charge in [0.05, 0.1) is 24.6 Å². The van der Waals surface area contributed by atoms with E-state index in [0.29, 0.717) is 24.4 Å². The Morgan fingerprint density at radius 3 is 2.69 bits per heavy atom. The largest absolute Gasteiger partial charge is 0.497 e. The molecule has 0 fully saturated rings. The molecule has 2 aromatic carbocycles. The highest BCUT2D eigenvalue weighted by molar-refractivity contribution is 7.92. The van der Waals surface area contributed by atoms with Crippen LogP contribution < -0.4 is 14.4 Å². The van der Waals surface area contributed by atoms with E-state index in [-0.39, 0.29) is 12.1 Å². The lowest BCUT2D eigenvalue weighted by atomic mass is 10.1. The number of esters is 1. The van der Waals surface area contributed by atoms with Crippen LogP contribution in [0.2, 0.25) is 0 Å². The normalized spacial score (nSPS) is 13.0. The van der Waals surface area contributed by atoms with Crippen molar-refractivity contribution in [2.45, 2.75) is 13.0 Å². The monoisotopic (exact) mass is 418 g/mol. The third kappa shape index (κ3) is 5.05. The third-order valence-corrected chi connectivity index (χ3v) is 5.71. The summed E-state index contributed by atoms with van der Waals surface area (Å²) in [6.45, 7) is 0.225. The lowest BCUT2D eigenvalue weighted by Gasteiger charge is -2.16. The summed E-state index contributed by atoms with van der Waals surface area (Å²) in [6, 6.07) is 12.0. The molecule has 1 aliphatic heterocycles. The van der Waals surface area contributed by atoms with Gasteiger partial charge in [0.2, 0.25) is 10.0 Å². The average molecular weight is 418 g/mol. The van der Waals surface area contributed by atoms with Crippen molar-refractivity contribution in [1.29, 1.82) is 0 Å². The predicted octanol–water partition coefficient (Wildman–Crippen LogP) is 1.49. The third-order valence-electron chi connectivity index (χ3n) is 4.53. The van der Waals surface area contributed by atoms with Gasteiger partial charge in [-0.2, -0.15) is 0 Å². The Kier molecular flexibility index (Phi) is 6.07. The van der Waals surface area contributed by atoms with Crippen molar-refractivity contribution in [3.05, 3.63) is 59.2 Å². The fraction of sp³-hybridized carbons (Fsp3) is 0.300.